The van der Waals surface area contributed by atoms with E-state index >= 15 is 0 Å². The van der Waals surface area contributed by atoms with Crippen LogP contribution in [0.5, 0.6) is 0 Å². The fourth-order valence-corrected chi connectivity index (χ4v) is 3.13. The summed E-state index contributed by atoms with van der Waals surface area (Å²) in [6, 6.07) is 2.56. The third kappa shape index (κ3) is 3.19. The van der Waals surface area contributed by atoms with Crippen molar-refractivity contribution in [2.45, 2.75) is 43.9 Å². The summed E-state index contributed by atoms with van der Waals surface area (Å²) in [5.74, 6) is 0.280. The SMILES string of the molecule is N[C@@H]1CCC[C@H](Nc2cc(C(F)(F)F)nc3cc(Br)nn23)C1. The summed E-state index contributed by atoms with van der Waals surface area (Å²) >= 11 is 3.17. The zero-order valence-electron chi connectivity index (χ0n) is 11.6. The molecule has 0 bridgehead atoms. The van der Waals surface area contributed by atoms with Gasteiger partial charge in [0.15, 0.2) is 11.3 Å². The van der Waals surface area contributed by atoms with E-state index in [4.69, 9.17) is 5.73 Å². The molecule has 0 aromatic carbocycles. The number of nitrogens with zero attached hydrogens (tertiary/aromatic N) is 3. The number of fused-ring (bicyclic) bond motifs is 1. The smallest absolute Gasteiger partial charge is 0.367 e. The van der Waals surface area contributed by atoms with Crippen LogP contribution in [0.25, 0.3) is 5.65 Å². The van der Waals surface area contributed by atoms with Crippen LogP contribution >= 0.6 is 15.9 Å². The van der Waals surface area contributed by atoms with E-state index in [1.165, 1.54) is 10.6 Å². The van der Waals surface area contributed by atoms with E-state index in [9.17, 15) is 13.2 Å². The molecule has 2 aromatic heterocycles. The number of hydrogen-bond acceptors (Lipinski definition) is 4. The average Bonchev–Trinajstić information content (AvgIpc) is 2.78. The summed E-state index contributed by atoms with van der Waals surface area (Å²) in [5, 5.41) is 7.27. The second kappa shape index (κ2) is 5.69. The van der Waals surface area contributed by atoms with Gasteiger partial charge in [-0.1, -0.05) is 0 Å². The van der Waals surface area contributed by atoms with Crippen molar-refractivity contribution in [3.8, 4) is 0 Å². The van der Waals surface area contributed by atoms with Crippen LogP contribution in [0.2, 0.25) is 0 Å². The van der Waals surface area contributed by atoms with E-state index < -0.39 is 11.9 Å². The second-order valence-electron chi connectivity index (χ2n) is 5.53. The van der Waals surface area contributed by atoms with Gasteiger partial charge in [0, 0.05) is 24.2 Å². The molecule has 3 rings (SSSR count). The lowest BCUT2D eigenvalue weighted by atomic mass is 9.92. The van der Waals surface area contributed by atoms with E-state index in [2.05, 4.69) is 31.3 Å². The molecule has 1 aliphatic rings. The predicted molar refractivity (Wildman–Crippen MR) is 79.5 cm³/mol. The number of anilines is 1. The predicted octanol–water partition coefficient (Wildman–Crippen LogP) is 3.19. The van der Waals surface area contributed by atoms with Gasteiger partial charge >= 0.3 is 6.18 Å². The largest absolute Gasteiger partial charge is 0.433 e. The number of nitrogens with one attached hydrogen (secondary N) is 1. The number of hydrogen-bond donors (Lipinski definition) is 2. The number of nitrogens with two attached hydrogens (primary N) is 1. The van der Waals surface area contributed by atoms with Gasteiger partial charge in [-0.2, -0.15) is 22.8 Å². The Morgan fingerprint density at radius 3 is 2.77 bits per heavy atom. The number of rotatable bonds is 2. The Hall–Kier alpha value is -1.35. The molecular formula is C13H15BrF3N5. The van der Waals surface area contributed by atoms with Crippen LogP contribution < -0.4 is 11.1 Å². The molecule has 0 unspecified atom stereocenters. The van der Waals surface area contributed by atoms with Crippen molar-refractivity contribution >= 4 is 27.4 Å². The highest BCUT2D eigenvalue weighted by Crippen LogP contribution is 2.31. The molecule has 0 radical (unpaired) electrons. The molecule has 1 fully saturated rings. The van der Waals surface area contributed by atoms with Crippen molar-refractivity contribution in [2.24, 2.45) is 5.73 Å². The van der Waals surface area contributed by atoms with Crippen LogP contribution in [0.1, 0.15) is 31.4 Å². The molecule has 22 heavy (non-hydrogen) atoms. The molecule has 9 heteroatoms. The summed E-state index contributed by atoms with van der Waals surface area (Å²) in [4.78, 5) is 3.62. The highest BCUT2D eigenvalue weighted by atomic mass is 79.9. The molecule has 2 aromatic rings. The minimum Gasteiger partial charge on any atom is -0.367 e. The Bertz CT molecular complexity index is 684. The lowest BCUT2D eigenvalue weighted by molar-refractivity contribution is -0.141. The second-order valence-corrected chi connectivity index (χ2v) is 6.34. The van der Waals surface area contributed by atoms with Crippen LogP contribution in [-0.2, 0) is 6.18 Å². The fourth-order valence-electron chi connectivity index (χ4n) is 2.76. The summed E-state index contributed by atoms with van der Waals surface area (Å²) in [6.07, 6.45) is -0.986. The van der Waals surface area contributed by atoms with Crippen LogP contribution in [0.3, 0.4) is 0 Å². The molecule has 5 nitrogen and oxygen atoms in total. The molecule has 0 aliphatic heterocycles. The van der Waals surface area contributed by atoms with Gasteiger partial charge in [-0.25, -0.2) is 4.98 Å². The third-order valence-corrected chi connectivity index (χ3v) is 4.14. The first-order chi connectivity index (χ1) is 10.3. The van der Waals surface area contributed by atoms with Gasteiger partial charge in [0.05, 0.1) is 0 Å². The first kappa shape index (κ1) is 15.5. The van der Waals surface area contributed by atoms with E-state index in [0.29, 0.717) is 4.60 Å². The monoisotopic (exact) mass is 377 g/mol. The molecule has 120 valence electrons. The molecular weight excluding hydrogens is 363 g/mol. The molecule has 0 spiro atoms. The fraction of sp³-hybridized carbons (Fsp3) is 0.538. The molecule has 1 aliphatic carbocycles. The minimum atomic E-state index is -4.50. The Balaban J connectivity index is 1.99. The van der Waals surface area contributed by atoms with E-state index in [1.807, 2.05) is 0 Å². The van der Waals surface area contributed by atoms with Gasteiger partial charge in [0.1, 0.15) is 10.4 Å². The molecule has 3 N–H and O–H groups in total. The highest BCUT2D eigenvalue weighted by molar-refractivity contribution is 9.10. The third-order valence-electron chi connectivity index (χ3n) is 3.75. The Labute approximate surface area is 133 Å². The van der Waals surface area contributed by atoms with E-state index in [1.54, 1.807) is 0 Å². The number of halogens is 4. The molecule has 0 saturated heterocycles. The van der Waals surface area contributed by atoms with E-state index in [-0.39, 0.29) is 23.5 Å². The Kier molecular flexibility index (Phi) is 4.02. The van der Waals surface area contributed by atoms with Crippen molar-refractivity contribution in [3.63, 3.8) is 0 Å². The normalized spacial score (nSPS) is 23.0. The lowest BCUT2D eigenvalue weighted by Crippen LogP contribution is -2.35. The van der Waals surface area contributed by atoms with Gasteiger partial charge < -0.3 is 11.1 Å². The number of aromatic nitrogens is 3. The summed E-state index contributed by atoms with van der Waals surface area (Å²) in [7, 11) is 0. The van der Waals surface area contributed by atoms with Crippen molar-refractivity contribution in [2.75, 3.05) is 5.32 Å². The van der Waals surface area contributed by atoms with Gasteiger partial charge in [0.2, 0.25) is 0 Å². The first-order valence-electron chi connectivity index (χ1n) is 6.98. The van der Waals surface area contributed by atoms with Crippen LogP contribution in [0.4, 0.5) is 19.0 Å². The Morgan fingerprint density at radius 1 is 1.32 bits per heavy atom. The maximum Gasteiger partial charge on any atom is 0.433 e. The molecule has 0 amide bonds. The maximum absolute atomic E-state index is 13.0. The first-order valence-corrected chi connectivity index (χ1v) is 7.78. The van der Waals surface area contributed by atoms with E-state index in [0.717, 1.165) is 31.7 Å². The van der Waals surface area contributed by atoms with Gasteiger partial charge in [-0.15, -0.1) is 0 Å². The molecule has 2 atom stereocenters. The topological polar surface area (TPSA) is 68.2 Å². The summed E-state index contributed by atoms with van der Waals surface area (Å²) < 4.78 is 40.8. The minimum absolute atomic E-state index is 0.0402. The zero-order valence-corrected chi connectivity index (χ0v) is 13.2. The molecule has 1 saturated carbocycles. The van der Waals surface area contributed by atoms with Crippen molar-refractivity contribution in [1.82, 2.24) is 14.6 Å². The molecule has 2 heterocycles. The summed E-state index contributed by atoms with van der Waals surface area (Å²) in [5.41, 5.74) is 5.14. The lowest BCUT2D eigenvalue weighted by Gasteiger charge is -2.28. The van der Waals surface area contributed by atoms with Crippen LogP contribution in [0.15, 0.2) is 16.7 Å². The van der Waals surface area contributed by atoms with Crippen molar-refractivity contribution in [1.29, 1.82) is 0 Å². The van der Waals surface area contributed by atoms with Crippen molar-refractivity contribution < 1.29 is 13.2 Å². The Morgan fingerprint density at radius 2 is 2.09 bits per heavy atom. The quantitative estimate of drug-likeness (QED) is 0.843. The highest BCUT2D eigenvalue weighted by Gasteiger charge is 2.34. The van der Waals surface area contributed by atoms with Crippen LogP contribution in [0, 0.1) is 0 Å². The van der Waals surface area contributed by atoms with Gasteiger partial charge in [-0.3, -0.25) is 0 Å². The number of alkyl halides is 3. The van der Waals surface area contributed by atoms with Gasteiger partial charge in [0.25, 0.3) is 0 Å². The van der Waals surface area contributed by atoms with Gasteiger partial charge in [-0.05, 0) is 41.6 Å². The standard InChI is InChI=1S/C13H15BrF3N5/c14-10-6-12-20-9(13(15,16)17)5-11(22(12)21-10)19-8-3-1-2-7(18)4-8/h5-8,19H,1-4,18H2/t7-,8+/m1/s1. The zero-order chi connectivity index (χ0) is 15.9. The van der Waals surface area contributed by atoms with Crippen molar-refractivity contribution in [3.05, 3.63) is 22.4 Å². The maximum atomic E-state index is 13.0. The van der Waals surface area contributed by atoms with Crippen LogP contribution in [-0.4, -0.2) is 26.7 Å². The average molecular weight is 378 g/mol. The summed E-state index contributed by atoms with van der Waals surface area (Å²) in [6.45, 7) is 0.